The van der Waals surface area contributed by atoms with Crippen molar-refractivity contribution in [2.24, 2.45) is 0 Å². The van der Waals surface area contributed by atoms with Gasteiger partial charge in [-0.2, -0.15) is 35.9 Å². The summed E-state index contributed by atoms with van der Waals surface area (Å²) < 4.78 is 0. The molecule has 104 valence electrons. The molecule has 0 N–H and O–H groups in total. The molecule has 0 spiro atoms. The molecule has 0 bridgehead atoms. The Balaban J connectivity index is 0. The molecule has 0 aromatic heterocycles. The van der Waals surface area contributed by atoms with Crippen molar-refractivity contribution in [2.75, 3.05) is 0 Å². The standard InChI is InChI=1S/C17H27.BrH.Mg/c1-4-5-6-7-8-12-15-17(2,3)16-13-10-9-11-14-16;;/h10-11,13-14H,4-8,12,15H2,1-3H3;1H;/q-1;;+2/p-1. The average molecular weight is 336 g/mol. The summed E-state index contributed by atoms with van der Waals surface area (Å²) in [5.41, 5.74) is 1.77. The van der Waals surface area contributed by atoms with Gasteiger partial charge in [-0.1, -0.05) is 59.3 Å². The predicted octanol–water partition coefficient (Wildman–Crippen LogP) is 2.14. The van der Waals surface area contributed by atoms with E-state index in [0.29, 0.717) is 5.41 Å². The van der Waals surface area contributed by atoms with Gasteiger partial charge < -0.3 is 17.0 Å². The fourth-order valence-electron chi connectivity index (χ4n) is 2.33. The molecule has 0 nitrogen and oxygen atoms in total. The zero-order valence-corrected chi connectivity index (χ0v) is 15.8. The minimum absolute atomic E-state index is 0. The smallest absolute Gasteiger partial charge is 1.00 e. The van der Waals surface area contributed by atoms with Gasteiger partial charge in [0.05, 0.1) is 0 Å². The third-order valence-electron chi connectivity index (χ3n) is 3.66. The summed E-state index contributed by atoms with van der Waals surface area (Å²) in [6, 6.07) is 11.6. The minimum Gasteiger partial charge on any atom is -1.00 e. The predicted molar refractivity (Wildman–Crippen MR) is 82.1 cm³/mol. The van der Waals surface area contributed by atoms with Crippen LogP contribution in [-0.4, -0.2) is 23.1 Å². The summed E-state index contributed by atoms with van der Waals surface area (Å²) in [4.78, 5) is 0. The molecule has 0 atom stereocenters. The van der Waals surface area contributed by atoms with E-state index in [1.54, 1.807) is 0 Å². The Morgan fingerprint density at radius 2 is 1.47 bits per heavy atom. The van der Waals surface area contributed by atoms with Gasteiger partial charge in [-0.3, -0.25) is 0 Å². The number of unbranched alkanes of at least 4 members (excludes halogenated alkanes) is 5. The molecule has 0 aliphatic heterocycles. The third-order valence-corrected chi connectivity index (χ3v) is 3.66. The normalized spacial score (nSPS) is 10.5. The summed E-state index contributed by atoms with van der Waals surface area (Å²) in [7, 11) is 0. The zero-order valence-electron chi connectivity index (χ0n) is 12.8. The van der Waals surface area contributed by atoms with Gasteiger partial charge in [0.15, 0.2) is 0 Å². The number of hydrogen-bond donors (Lipinski definition) is 0. The van der Waals surface area contributed by atoms with Gasteiger partial charge in [-0.05, 0) is 11.8 Å². The summed E-state index contributed by atoms with van der Waals surface area (Å²) >= 11 is 0. The van der Waals surface area contributed by atoms with E-state index in [1.807, 2.05) is 12.1 Å². The van der Waals surface area contributed by atoms with Gasteiger partial charge in [0.25, 0.3) is 0 Å². The van der Waals surface area contributed by atoms with Crippen LogP contribution in [0.2, 0.25) is 0 Å². The van der Waals surface area contributed by atoms with Crippen LogP contribution in [0.5, 0.6) is 0 Å². The third kappa shape index (κ3) is 9.09. The topological polar surface area (TPSA) is 0 Å². The Morgan fingerprint density at radius 3 is 2.05 bits per heavy atom. The van der Waals surface area contributed by atoms with Crippen LogP contribution < -0.4 is 17.0 Å². The van der Waals surface area contributed by atoms with Gasteiger partial charge >= 0.3 is 23.1 Å². The molecule has 0 fully saturated rings. The Hall–Kier alpha value is 0.466. The van der Waals surface area contributed by atoms with E-state index in [4.69, 9.17) is 0 Å². The Labute approximate surface area is 146 Å². The van der Waals surface area contributed by atoms with E-state index in [9.17, 15) is 0 Å². The number of hydrogen-bond acceptors (Lipinski definition) is 0. The second kappa shape index (κ2) is 12.2. The molecule has 19 heavy (non-hydrogen) atoms. The largest absolute Gasteiger partial charge is 2.00 e. The van der Waals surface area contributed by atoms with Crippen molar-refractivity contribution in [2.45, 2.75) is 71.1 Å². The Morgan fingerprint density at radius 1 is 0.947 bits per heavy atom. The first kappa shape index (κ1) is 21.8. The van der Waals surface area contributed by atoms with Gasteiger partial charge in [0, 0.05) is 0 Å². The Bertz CT molecular complexity index is 295. The minimum atomic E-state index is 0. The molecule has 0 unspecified atom stereocenters. The summed E-state index contributed by atoms with van der Waals surface area (Å²) in [5, 5.41) is 0. The second-order valence-corrected chi connectivity index (χ2v) is 5.69. The molecule has 1 aromatic carbocycles. The number of benzene rings is 1. The summed E-state index contributed by atoms with van der Waals surface area (Å²) in [6.45, 7) is 6.98. The Kier molecular flexibility index (Phi) is 14.0. The van der Waals surface area contributed by atoms with E-state index in [-0.39, 0.29) is 40.0 Å². The van der Waals surface area contributed by atoms with Crippen LogP contribution in [0.25, 0.3) is 0 Å². The van der Waals surface area contributed by atoms with E-state index in [1.165, 1.54) is 50.5 Å². The van der Waals surface area contributed by atoms with Crippen LogP contribution in [0.4, 0.5) is 0 Å². The molecule has 0 aliphatic carbocycles. The molecule has 2 heteroatoms. The molecule has 0 saturated heterocycles. The maximum Gasteiger partial charge on any atom is 2.00 e. The first-order chi connectivity index (χ1) is 8.17. The first-order valence-electron chi connectivity index (χ1n) is 7.13. The molecule has 1 aromatic rings. The van der Waals surface area contributed by atoms with Crippen molar-refractivity contribution in [3.63, 3.8) is 0 Å². The maximum absolute atomic E-state index is 3.10. The van der Waals surface area contributed by atoms with Crippen LogP contribution in [0.3, 0.4) is 0 Å². The molecule has 0 heterocycles. The number of rotatable bonds is 8. The molecule has 1 rings (SSSR count). The monoisotopic (exact) mass is 334 g/mol. The fourth-order valence-corrected chi connectivity index (χ4v) is 2.33. The summed E-state index contributed by atoms with van der Waals surface area (Å²) in [6.07, 6.45) is 9.61. The van der Waals surface area contributed by atoms with Crippen molar-refractivity contribution < 1.29 is 17.0 Å². The van der Waals surface area contributed by atoms with E-state index >= 15 is 0 Å². The molecule has 0 saturated carbocycles. The van der Waals surface area contributed by atoms with Crippen molar-refractivity contribution in [3.8, 4) is 0 Å². The number of halogens is 1. The van der Waals surface area contributed by atoms with Crippen LogP contribution in [-0.2, 0) is 5.41 Å². The molecule has 0 aliphatic rings. The zero-order chi connectivity index (χ0) is 12.6. The summed E-state index contributed by atoms with van der Waals surface area (Å²) in [5.74, 6) is 0. The van der Waals surface area contributed by atoms with Crippen molar-refractivity contribution >= 4 is 23.1 Å². The van der Waals surface area contributed by atoms with E-state index in [0.717, 1.165) is 0 Å². The fraction of sp³-hybridized carbons (Fsp3) is 0.647. The van der Waals surface area contributed by atoms with Gasteiger partial charge in [-0.15, -0.1) is 0 Å². The maximum atomic E-state index is 3.10. The van der Waals surface area contributed by atoms with Gasteiger partial charge in [-0.25, -0.2) is 0 Å². The van der Waals surface area contributed by atoms with Crippen LogP contribution >= 0.6 is 0 Å². The van der Waals surface area contributed by atoms with Crippen LogP contribution in [0.15, 0.2) is 24.3 Å². The molecular formula is C17H27BrMg. The molecule has 0 amide bonds. The first-order valence-corrected chi connectivity index (χ1v) is 7.13. The average Bonchev–Trinajstić information content (AvgIpc) is 2.35. The van der Waals surface area contributed by atoms with Gasteiger partial charge in [0.1, 0.15) is 0 Å². The quantitative estimate of drug-likeness (QED) is 0.388. The molecular weight excluding hydrogens is 308 g/mol. The SMILES string of the molecule is CCCCCCCCC(C)(C)c1cc[c-]cc1.[Br-].[Mg+2]. The van der Waals surface area contributed by atoms with Crippen LogP contribution in [0.1, 0.15) is 71.3 Å². The van der Waals surface area contributed by atoms with Crippen molar-refractivity contribution in [1.82, 2.24) is 0 Å². The molecule has 0 radical (unpaired) electrons. The van der Waals surface area contributed by atoms with Crippen molar-refractivity contribution in [1.29, 1.82) is 0 Å². The van der Waals surface area contributed by atoms with Crippen LogP contribution in [0, 0.1) is 6.07 Å². The van der Waals surface area contributed by atoms with E-state index in [2.05, 4.69) is 39.0 Å². The second-order valence-electron chi connectivity index (χ2n) is 5.69. The van der Waals surface area contributed by atoms with Crippen molar-refractivity contribution in [3.05, 3.63) is 35.9 Å². The van der Waals surface area contributed by atoms with E-state index < -0.39 is 0 Å². The van der Waals surface area contributed by atoms with Gasteiger partial charge in [0.2, 0.25) is 0 Å².